The maximum Gasteiger partial charge on any atom is 0.244 e. The van der Waals surface area contributed by atoms with E-state index in [-0.39, 0.29) is 12.5 Å². The van der Waals surface area contributed by atoms with Crippen LogP contribution in [0, 0.1) is 0 Å². The van der Waals surface area contributed by atoms with Crippen LogP contribution in [0.1, 0.15) is 12.5 Å². The number of amides is 1. The van der Waals surface area contributed by atoms with Gasteiger partial charge in [0.15, 0.2) is 0 Å². The zero-order valence-corrected chi connectivity index (χ0v) is 9.18. The van der Waals surface area contributed by atoms with Gasteiger partial charge in [0.05, 0.1) is 6.10 Å². The largest absolute Gasteiger partial charge is 0.399 e. The number of nitrogens with two attached hydrogens (primary N) is 1. The molecule has 0 aromatic heterocycles. The van der Waals surface area contributed by atoms with Crippen LogP contribution in [0.15, 0.2) is 30.3 Å². The Bertz CT molecular complexity index is 369. The maximum atomic E-state index is 11.3. The first kappa shape index (κ1) is 12.3. The van der Waals surface area contributed by atoms with Gasteiger partial charge in [-0.25, -0.2) is 0 Å². The summed E-state index contributed by atoms with van der Waals surface area (Å²) >= 11 is 0. The number of rotatable bonds is 4. The summed E-state index contributed by atoms with van der Waals surface area (Å²) < 4.78 is 0. The Hall–Kier alpha value is -1.81. The average Bonchev–Trinajstić information content (AvgIpc) is 2.25. The van der Waals surface area contributed by atoms with Gasteiger partial charge >= 0.3 is 0 Å². The second kappa shape index (κ2) is 5.92. The molecule has 1 amide bonds. The van der Waals surface area contributed by atoms with Crippen molar-refractivity contribution in [3.63, 3.8) is 0 Å². The summed E-state index contributed by atoms with van der Waals surface area (Å²) in [6, 6.07) is 7.20. The third-order valence-corrected chi connectivity index (χ3v) is 1.94. The van der Waals surface area contributed by atoms with Crippen molar-refractivity contribution < 1.29 is 9.90 Å². The molecule has 1 atom stereocenters. The molecular weight excluding hydrogens is 204 g/mol. The van der Waals surface area contributed by atoms with E-state index in [4.69, 9.17) is 10.8 Å². The smallest absolute Gasteiger partial charge is 0.244 e. The Kier molecular flexibility index (Phi) is 4.54. The van der Waals surface area contributed by atoms with E-state index in [1.165, 1.54) is 6.08 Å². The summed E-state index contributed by atoms with van der Waals surface area (Å²) in [6.07, 6.45) is 2.58. The highest BCUT2D eigenvalue weighted by Gasteiger charge is 1.98. The van der Waals surface area contributed by atoms with Gasteiger partial charge in [-0.2, -0.15) is 0 Å². The Morgan fingerprint density at radius 2 is 2.12 bits per heavy atom. The summed E-state index contributed by atoms with van der Waals surface area (Å²) in [7, 11) is 0. The van der Waals surface area contributed by atoms with Gasteiger partial charge in [-0.15, -0.1) is 0 Å². The summed E-state index contributed by atoms with van der Waals surface area (Å²) in [4.78, 5) is 11.3. The normalized spacial score (nSPS) is 12.6. The van der Waals surface area contributed by atoms with Gasteiger partial charge < -0.3 is 16.2 Å². The molecular formula is C12H16N2O2. The molecule has 1 unspecified atom stereocenters. The molecule has 0 bridgehead atoms. The molecule has 0 fully saturated rings. The summed E-state index contributed by atoms with van der Waals surface area (Å²) in [5.74, 6) is -0.224. The number of nitrogen functional groups attached to an aromatic ring is 1. The second-order valence-corrected chi connectivity index (χ2v) is 3.59. The van der Waals surface area contributed by atoms with Gasteiger partial charge in [-0.3, -0.25) is 4.79 Å². The number of nitrogens with one attached hydrogen (secondary N) is 1. The number of aliphatic hydroxyl groups excluding tert-OH is 1. The molecule has 0 aliphatic rings. The molecule has 1 aromatic rings. The van der Waals surface area contributed by atoms with E-state index in [9.17, 15) is 4.79 Å². The van der Waals surface area contributed by atoms with Crippen molar-refractivity contribution in [3.8, 4) is 0 Å². The number of benzene rings is 1. The zero-order valence-electron chi connectivity index (χ0n) is 9.18. The van der Waals surface area contributed by atoms with Crippen LogP contribution in [0.5, 0.6) is 0 Å². The highest BCUT2D eigenvalue weighted by atomic mass is 16.3. The predicted molar refractivity (Wildman–Crippen MR) is 64.6 cm³/mol. The predicted octanol–water partition coefficient (Wildman–Crippen LogP) is 0.779. The van der Waals surface area contributed by atoms with Crippen LogP contribution in [-0.4, -0.2) is 23.7 Å². The first-order chi connectivity index (χ1) is 7.58. The molecule has 0 heterocycles. The third-order valence-electron chi connectivity index (χ3n) is 1.94. The highest BCUT2D eigenvalue weighted by molar-refractivity contribution is 5.91. The van der Waals surface area contributed by atoms with E-state index in [1.807, 2.05) is 12.1 Å². The van der Waals surface area contributed by atoms with Crippen molar-refractivity contribution in [3.05, 3.63) is 35.9 Å². The van der Waals surface area contributed by atoms with Gasteiger partial charge in [-0.05, 0) is 30.7 Å². The molecule has 4 nitrogen and oxygen atoms in total. The second-order valence-electron chi connectivity index (χ2n) is 3.59. The number of carbonyl (C=O) groups is 1. The van der Waals surface area contributed by atoms with Gasteiger partial charge in [0.1, 0.15) is 0 Å². The van der Waals surface area contributed by atoms with Crippen LogP contribution in [0.2, 0.25) is 0 Å². The minimum Gasteiger partial charge on any atom is -0.399 e. The van der Waals surface area contributed by atoms with Crippen molar-refractivity contribution in [2.75, 3.05) is 12.3 Å². The minimum absolute atomic E-state index is 0.224. The van der Waals surface area contributed by atoms with Crippen LogP contribution in [0.25, 0.3) is 6.08 Å². The van der Waals surface area contributed by atoms with Gasteiger partial charge in [-0.1, -0.05) is 12.1 Å². The SMILES string of the molecule is CC(O)CNC(=O)/C=C/c1ccc(N)cc1. The summed E-state index contributed by atoms with van der Waals surface area (Å²) in [6.45, 7) is 1.87. The van der Waals surface area contributed by atoms with Gasteiger partial charge in [0.2, 0.25) is 5.91 Å². The summed E-state index contributed by atoms with van der Waals surface area (Å²) in [5.41, 5.74) is 7.13. The van der Waals surface area contributed by atoms with Crippen molar-refractivity contribution in [1.82, 2.24) is 5.32 Å². The Morgan fingerprint density at radius 1 is 1.50 bits per heavy atom. The molecule has 0 radical (unpaired) electrons. The van der Waals surface area contributed by atoms with Gasteiger partial charge in [0, 0.05) is 18.3 Å². The van der Waals surface area contributed by atoms with Crippen molar-refractivity contribution in [2.24, 2.45) is 0 Å². The molecule has 0 aliphatic carbocycles. The Labute approximate surface area is 94.8 Å². The standard InChI is InChI=1S/C12H16N2O2/c1-9(15)8-14-12(16)7-4-10-2-5-11(13)6-3-10/h2-7,9,15H,8,13H2,1H3,(H,14,16)/b7-4+. The minimum atomic E-state index is -0.533. The molecule has 4 heteroatoms. The van der Waals surface area contributed by atoms with Gasteiger partial charge in [0.25, 0.3) is 0 Å². The van der Waals surface area contributed by atoms with E-state index in [1.54, 1.807) is 25.1 Å². The average molecular weight is 220 g/mol. The van der Waals surface area contributed by atoms with Crippen LogP contribution in [0.4, 0.5) is 5.69 Å². The number of carbonyl (C=O) groups excluding carboxylic acids is 1. The van der Waals surface area contributed by atoms with Crippen LogP contribution in [-0.2, 0) is 4.79 Å². The number of hydrogen-bond acceptors (Lipinski definition) is 3. The molecule has 4 N–H and O–H groups in total. The lowest BCUT2D eigenvalue weighted by Gasteiger charge is -2.03. The first-order valence-corrected chi connectivity index (χ1v) is 5.07. The summed E-state index contributed by atoms with van der Waals surface area (Å²) in [5, 5.41) is 11.5. The fourth-order valence-corrected chi connectivity index (χ4v) is 1.09. The fraction of sp³-hybridized carbons (Fsp3) is 0.250. The number of aliphatic hydroxyl groups is 1. The lowest BCUT2D eigenvalue weighted by molar-refractivity contribution is -0.116. The van der Waals surface area contributed by atoms with Crippen LogP contribution >= 0.6 is 0 Å². The molecule has 1 aromatic carbocycles. The van der Waals surface area contributed by atoms with Crippen LogP contribution < -0.4 is 11.1 Å². The Balaban J connectivity index is 2.47. The highest BCUT2D eigenvalue weighted by Crippen LogP contribution is 2.06. The molecule has 86 valence electrons. The molecule has 0 aliphatic heterocycles. The van der Waals surface area contributed by atoms with E-state index < -0.39 is 6.10 Å². The number of anilines is 1. The zero-order chi connectivity index (χ0) is 12.0. The van der Waals surface area contributed by atoms with Crippen molar-refractivity contribution >= 4 is 17.7 Å². The van der Waals surface area contributed by atoms with Crippen molar-refractivity contribution in [2.45, 2.75) is 13.0 Å². The van der Waals surface area contributed by atoms with E-state index >= 15 is 0 Å². The third kappa shape index (κ3) is 4.61. The first-order valence-electron chi connectivity index (χ1n) is 5.07. The van der Waals surface area contributed by atoms with E-state index in [0.29, 0.717) is 5.69 Å². The molecule has 16 heavy (non-hydrogen) atoms. The maximum absolute atomic E-state index is 11.3. The molecule has 0 saturated carbocycles. The lowest BCUT2D eigenvalue weighted by atomic mass is 10.2. The fourth-order valence-electron chi connectivity index (χ4n) is 1.09. The lowest BCUT2D eigenvalue weighted by Crippen LogP contribution is -2.28. The van der Waals surface area contributed by atoms with E-state index in [0.717, 1.165) is 5.56 Å². The topological polar surface area (TPSA) is 75.3 Å². The molecule has 1 rings (SSSR count). The van der Waals surface area contributed by atoms with Crippen molar-refractivity contribution in [1.29, 1.82) is 0 Å². The quantitative estimate of drug-likeness (QED) is 0.518. The van der Waals surface area contributed by atoms with Crippen LogP contribution in [0.3, 0.4) is 0 Å². The van der Waals surface area contributed by atoms with E-state index in [2.05, 4.69) is 5.32 Å². The molecule has 0 saturated heterocycles. The molecule has 0 spiro atoms. The monoisotopic (exact) mass is 220 g/mol. The Morgan fingerprint density at radius 3 is 2.69 bits per heavy atom. The number of hydrogen-bond donors (Lipinski definition) is 3.